The molecule has 1 atom stereocenters. The van der Waals surface area contributed by atoms with Crippen LogP contribution in [0.5, 0.6) is 5.75 Å². The molecule has 1 aromatic carbocycles. The van der Waals surface area contributed by atoms with E-state index in [1.165, 1.54) is 0 Å². The Morgan fingerprint density at radius 1 is 1.29 bits per heavy atom. The number of nitrogens with zero attached hydrogens (tertiary/aromatic N) is 1. The minimum absolute atomic E-state index is 0.0720. The molecule has 0 fully saturated rings. The van der Waals surface area contributed by atoms with Crippen molar-refractivity contribution < 1.29 is 9.53 Å². The summed E-state index contributed by atoms with van der Waals surface area (Å²) in [4.78, 5) is 16.1. The Hall–Kier alpha value is -2.62. The number of ether oxygens (including phenoxy) is 1. The van der Waals surface area contributed by atoms with E-state index in [-0.39, 0.29) is 11.9 Å². The van der Waals surface area contributed by atoms with Gasteiger partial charge in [0, 0.05) is 18.0 Å². The molecule has 0 aliphatic carbocycles. The first-order chi connectivity index (χ1) is 10.2. The van der Waals surface area contributed by atoms with Crippen molar-refractivity contribution in [1.82, 2.24) is 10.3 Å². The van der Waals surface area contributed by atoms with Gasteiger partial charge in [-0.1, -0.05) is 12.7 Å². The number of nitrogens with one attached hydrogen (secondary N) is 1. The van der Waals surface area contributed by atoms with E-state index in [1.807, 2.05) is 19.1 Å². The Balaban J connectivity index is 1.98. The van der Waals surface area contributed by atoms with Crippen LogP contribution in [0.15, 0.2) is 61.4 Å². The van der Waals surface area contributed by atoms with E-state index in [4.69, 9.17) is 4.74 Å². The monoisotopic (exact) mass is 282 g/mol. The van der Waals surface area contributed by atoms with Gasteiger partial charge in [-0.15, -0.1) is 0 Å². The van der Waals surface area contributed by atoms with E-state index in [1.54, 1.807) is 42.7 Å². The van der Waals surface area contributed by atoms with Gasteiger partial charge in [-0.3, -0.25) is 9.78 Å². The smallest absolute Gasteiger partial charge is 0.251 e. The van der Waals surface area contributed by atoms with Crippen molar-refractivity contribution in [3.8, 4) is 5.75 Å². The highest BCUT2D eigenvalue weighted by molar-refractivity contribution is 5.94. The van der Waals surface area contributed by atoms with Crippen molar-refractivity contribution in [3.63, 3.8) is 0 Å². The van der Waals surface area contributed by atoms with Gasteiger partial charge < -0.3 is 10.1 Å². The fraction of sp³-hybridized carbons (Fsp3) is 0.176. The highest BCUT2D eigenvalue weighted by Crippen LogP contribution is 2.14. The molecule has 2 rings (SSSR count). The van der Waals surface area contributed by atoms with Crippen molar-refractivity contribution in [1.29, 1.82) is 0 Å². The Labute approximate surface area is 124 Å². The van der Waals surface area contributed by atoms with E-state index >= 15 is 0 Å². The maximum Gasteiger partial charge on any atom is 0.251 e. The van der Waals surface area contributed by atoms with E-state index in [9.17, 15) is 4.79 Å². The third kappa shape index (κ3) is 4.18. The van der Waals surface area contributed by atoms with Crippen LogP contribution in [0.3, 0.4) is 0 Å². The molecular weight excluding hydrogens is 264 g/mol. The Bertz CT molecular complexity index is 594. The van der Waals surface area contributed by atoms with Gasteiger partial charge in [0.05, 0.1) is 6.04 Å². The number of amides is 1. The van der Waals surface area contributed by atoms with Crippen LogP contribution in [0.2, 0.25) is 0 Å². The number of pyridine rings is 1. The number of rotatable bonds is 6. The second-order valence-electron chi connectivity index (χ2n) is 4.60. The van der Waals surface area contributed by atoms with Gasteiger partial charge in [-0.05, 0) is 48.9 Å². The summed E-state index contributed by atoms with van der Waals surface area (Å²) >= 11 is 0. The Kier molecular flexibility index (Phi) is 5.10. The summed E-state index contributed by atoms with van der Waals surface area (Å²) in [5.41, 5.74) is 1.62. The molecule has 0 aliphatic heterocycles. The maximum atomic E-state index is 12.2. The predicted molar refractivity (Wildman–Crippen MR) is 82.3 cm³/mol. The lowest BCUT2D eigenvalue weighted by atomic mass is 10.1. The van der Waals surface area contributed by atoms with Crippen LogP contribution in [0, 0.1) is 0 Å². The fourth-order valence-electron chi connectivity index (χ4n) is 1.87. The Morgan fingerprint density at radius 3 is 2.57 bits per heavy atom. The van der Waals surface area contributed by atoms with Crippen molar-refractivity contribution in [3.05, 3.63) is 72.6 Å². The highest BCUT2D eigenvalue weighted by Gasteiger charge is 2.11. The summed E-state index contributed by atoms with van der Waals surface area (Å²) in [5, 5.41) is 2.95. The van der Waals surface area contributed by atoms with Crippen LogP contribution < -0.4 is 10.1 Å². The average Bonchev–Trinajstić information content (AvgIpc) is 2.54. The van der Waals surface area contributed by atoms with Gasteiger partial charge in [-0.2, -0.15) is 0 Å². The molecule has 0 bridgehead atoms. The standard InChI is InChI=1S/C17H18N2O2/c1-3-12-21-16-6-4-15(5-7-16)17(20)19-13(2)14-8-10-18-11-9-14/h3-11,13H,1,12H2,2H3,(H,19,20). The van der Waals surface area contributed by atoms with Crippen molar-refractivity contribution in [2.24, 2.45) is 0 Å². The van der Waals surface area contributed by atoms with Crippen LogP contribution in [0.25, 0.3) is 0 Å². The topological polar surface area (TPSA) is 51.2 Å². The average molecular weight is 282 g/mol. The summed E-state index contributed by atoms with van der Waals surface area (Å²) in [7, 11) is 0. The molecule has 0 saturated heterocycles. The lowest BCUT2D eigenvalue weighted by molar-refractivity contribution is 0.0940. The first kappa shape index (κ1) is 14.8. The molecule has 1 aromatic heterocycles. The van der Waals surface area contributed by atoms with E-state index in [2.05, 4.69) is 16.9 Å². The number of hydrogen-bond acceptors (Lipinski definition) is 3. The third-order valence-corrected chi connectivity index (χ3v) is 3.04. The van der Waals surface area contributed by atoms with Crippen LogP contribution in [0.1, 0.15) is 28.9 Å². The molecule has 1 amide bonds. The normalized spacial score (nSPS) is 11.5. The molecule has 0 spiro atoms. The van der Waals surface area contributed by atoms with Crippen molar-refractivity contribution in [2.75, 3.05) is 6.61 Å². The largest absolute Gasteiger partial charge is 0.490 e. The summed E-state index contributed by atoms with van der Waals surface area (Å²) in [6.45, 7) is 5.98. The molecule has 21 heavy (non-hydrogen) atoms. The number of carbonyl (C=O) groups excluding carboxylic acids is 1. The first-order valence-electron chi connectivity index (χ1n) is 6.75. The second-order valence-corrected chi connectivity index (χ2v) is 4.60. The van der Waals surface area contributed by atoms with E-state index < -0.39 is 0 Å². The zero-order valence-electron chi connectivity index (χ0n) is 12.0. The molecule has 2 aromatic rings. The first-order valence-corrected chi connectivity index (χ1v) is 6.75. The molecular formula is C17H18N2O2. The van der Waals surface area contributed by atoms with Gasteiger partial charge in [0.2, 0.25) is 0 Å². The van der Waals surface area contributed by atoms with Gasteiger partial charge in [0.1, 0.15) is 12.4 Å². The zero-order chi connectivity index (χ0) is 15.1. The number of benzene rings is 1. The number of aromatic nitrogens is 1. The van der Waals surface area contributed by atoms with Gasteiger partial charge >= 0.3 is 0 Å². The van der Waals surface area contributed by atoms with Crippen molar-refractivity contribution in [2.45, 2.75) is 13.0 Å². The molecule has 0 aliphatic rings. The number of hydrogen-bond donors (Lipinski definition) is 1. The van der Waals surface area contributed by atoms with Gasteiger partial charge in [0.25, 0.3) is 5.91 Å². The molecule has 108 valence electrons. The lowest BCUT2D eigenvalue weighted by Gasteiger charge is -2.14. The summed E-state index contributed by atoms with van der Waals surface area (Å²) in [5.74, 6) is 0.600. The quantitative estimate of drug-likeness (QED) is 0.828. The second kappa shape index (κ2) is 7.24. The third-order valence-electron chi connectivity index (χ3n) is 3.04. The predicted octanol–water partition coefficient (Wildman–Crippen LogP) is 3.14. The van der Waals surface area contributed by atoms with Crippen LogP contribution in [-0.4, -0.2) is 17.5 Å². The van der Waals surface area contributed by atoms with Crippen LogP contribution >= 0.6 is 0 Å². The molecule has 4 nitrogen and oxygen atoms in total. The van der Waals surface area contributed by atoms with Gasteiger partial charge in [-0.25, -0.2) is 0 Å². The lowest BCUT2D eigenvalue weighted by Crippen LogP contribution is -2.26. The number of carbonyl (C=O) groups is 1. The Morgan fingerprint density at radius 2 is 1.95 bits per heavy atom. The van der Waals surface area contributed by atoms with Crippen LogP contribution in [0.4, 0.5) is 0 Å². The van der Waals surface area contributed by atoms with Crippen LogP contribution in [-0.2, 0) is 0 Å². The summed E-state index contributed by atoms with van der Waals surface area (Å²) < 4.78 is 5.38. The highest BCUT2D eigenvalue weighted by atomic mass is 16.5. The summed E-state index contributed by atoms with van der Waals surface area (Å²) in [6.07, 6.45) is 5.10. The fourth-order valence-corrected chi connectivity index (χ4v) is 1.87. The maximum absolute atomic E-state index is 12.2. The SMILES string of the molecule is C=CCOc1ccc(C(=O)NC(C)c2ccncc2)cc1. The summed E-state index contributed by atoms with van der Waals surface area (Å²) in [6, 6.07) is 10.7. The molecule has 0 radical (unpaired) electrons. The molecule has 1 heterocycles. The molecule has 1 unspecified atom stereocenters. The van der Waals surface area contributed by atoms with E-state index in [0.29, 0.717) is 17.9 Å². The minimum atomic E-state index is -0.116. The molecule has 4 heteroatoms. The van der Waals surface area contributed by atoms with Gasteiger partial charge in [0.15, 0.2) is 0 Å². The zero-order valence-corrected chi connectivity index (χ0v) is 12.0. The van der Waals surface area contributed by atoms with E-state index in [0.717, 1.165) is 5.56 Å². The molecule has 0 saturated carbocycles. The minimum Gasteiger partial charge on any atom is -0.490 e. The molecule has 1 N–H and O–H groups in total. The van der Waals surface area contributed by atoms with Crippen molar-refractivity contribution >= 4 is 5.91 Å².